The van der Waals surface area contributed by atoms with E-state index in [1.165, 1.54) is 31.2 Å². The summed E-state index contributed by atoms with van der Waals surface area (Å²) in [6, 6.07) is 10.9. The number of amides is 2. The number of hydrogen-bond donors (Lipinski definition) is 2. The summed E-state index contributed by atoms with van der Waals surface area (Å²) in [5.41, 5.74) is 1.91. The Kier molecular flexibility index (Phi) is 6.39. The molecule has 2 rings (SSSR count). The molecule has 138 valence electrons. The van der Waals surface area contributed by atoms with Crippen molar-refractivity contribution < 1.29 is 18.0 Å². The van der Waals surface area contributed by atoms with E-state index >= 15 is 0 Å². The van der Waals surface area contributed by atoms with Crippen molar-refractivity contribution in [1.29, 1.82) is 0 Å². The Morgan fingerprint density at radius 3 is 2.19 bits per heavy atom. The van der Waals surface area contributed by atoms with Gasteiger partial charge in [-0.2, -0.15) is 0 Å². The fraction of sp³-hybridized carbons (Fsp3) is 0.222. The third kappa shape index (κ3) is 5.57. The molecule has 0 atom stereocenters. The number of halogens is 1. The first-order chi connectivity index (χ1) is 12.2. The molecule has 8 heteroatoms. The predicted molar refractivity (Wildman–Crippen MR) is 102 cm³/mol. The maximum atomic E-state index is 12.3. The van der Waals surface area contributed by atoms with Crippen molar-refractivity contribution >= 4 is 44.6 Å². The molecule has 2 amide bonds. The highest BCUT2D eigenvalue weighted by molar-refractivity contribution is 7.91. The summed E-state index contributed by atoms with van der Waals surface area (Å²) >= 11 is 6.00. The molecule has 0 unspecified atom stereocenters. The van der Waals surface area contributed by atoms with E-state index in [2.05, 4.69) is 10.6 Å². The number of benzene rings is 2. The third-order valence-electron chi connectivity index (χ3n) is 3.59. The van der Waals surface area contributed by atoms with Gasteiger partial charge < -0.3 is 10.6 Å². The number of nitrogens with one attached hydrogen (secondary N) is 2. The van der Waals surface area contributed by atoms with Crippen molar-refractivity contribution in [2.75, 3.05) is 16.4 Å². The van der Waals surface area contributed by atoms with E-state index in [4.69, 9.17) is 11.6 Å². The molecule has 0 bridgehead atoms. The first-order valence-electron chi connectivity index (χ1n) is 7.84. The van der Waals surface area contributed by atoms with Crippen molar-refractivity contribution in [1.82, 2.24) is 0 Å². The standard InChI is InChI=1S/C18H19ClN2O4S/c1-12-3-4-15(11-17(12)19)21-18(23)9-10-26(24,25)16-7-5-14(6-8-16)20-13(2)22/h3-8,11H,9-10H2,1-2H3,(H,20,22)(H,21,23). The van der Waals surface area contributed by atoms with Crippen molar-refractivity contribution in [3.8, 4) is 0 Å². The Labute approximate surface area is 157 Å². The smallest absolute Gasteiger partial charge is 0.225 e. The predicted octanol–water partition coefficient (Wildman–Crippen LogP) is 3.41. The minimum absolute atomic E-state index is 0.0952. The van der Waals surface area contributed by atoms with E-state index in [0.29, 0.717) is 16.4 Å². The first-order valence-corrected chi connectivity index (χ1v) is 9.87. The van der Waals surface area contributed by atoms with E-state index in [9.17, 15) is 18.0 Å². The maximum Gasteiger partial charge on any atom is 0.225 e. The van der Waals surface area contributed by atoms with Gasteiger partial charge in [0.15, 0.2) is 9.84 Å². The van der Waals surface area contributed by atoms with Gasteiger partial charge in [0.1, 0.15) is 0 Å². The average molecular weight is 395 g/mol. The summed E-state index contributed by atoms with van der Waals surface area (Å²) in [6.07, 6.45) is -0.179. The van der Waals surface area contributed by atoms with Crippen molar-refractivity contribution in [2.24, 2.45) is 0 Å². The zero-order chi connectivity index (χ0) is 19.3. The van der Waals surface area contributed by atoms with Gasteiger partial charge in [0.25, 0.3) is 0 Å². The Morgan fingerprint density at radius 1 is 1.00 bits per heavy atom. The number of anilines is 2. The highest BCUT2D eigenvalue weighted by Gasteiger charge is 2.17. The van der Waals surface area contributed by atoms with E-state index in [-0.39, 0.29) is 23.0 Å². The van der Waals surface area contributed by atoms with Gasteiger partial charge in [-0.25, -0.2) is 8.42 Å². The Hall–Kier alpha value is -2.38. The van der Waals surface area contributed by atoms with Crippen LogP contribution in [0.25, 0.3) is 0 Å². The van der Waals surface area contributed by atoms with E-state index in [0.717, 1.165) is 5.56 Å². The van der Waals surface area contributed by atoms with Crippen LogP contribution in [0.2, 0.25) is 5.02 Å². The number of hydrogen-bond acceptors (Lipinski definition) is 4. The van der Waals surface area contributed by atoms with Crippen LogP contribution in [0.3, 0.4) is 0 Å². The number of rotatable bonds is 6. The second-order valence-electron chi connectivity index (χ2n) is 5.79. The number of aryl methyl sites for hydroxylation is 1. The van der Waals surface area contributed by atoms with Gasteiger partial charge in [0, 0.05) is 29.7 Å². The van der Waals surface area contributed by atoms with Crippen LogP contribution in [0.5, 0.6) is 0 Å². The molecule has 2 aromatic rings. The number of carbonyl (C=O) groups is 2. The first kappa shape index (κ1) is 19.9. The number of carbonyl (C=O) groups excluding carboxylic acids is 2. The molecule has 0 saturated carbocycles. The molecule has 0 aromatic heterocycles. The lowest BCUT2D eigenvalue weighted by molar-refractivity contribution is -0.116. The lowest BCUT2D eigenvalue weighted by Crippen LogP contribution is -2.17. The monoisotopic (exact) mass is 394 g/mol. The molecular formula is C18H19ClN2O4S. The van der Waals surface area contributed by atoms with Gasteiger partial charge >= 0.3 is 0 Å². The van der Waals surface area contributed by atoms with E-state index in [1.54, 1.807) is 18.2 Å². The molecule has 0 saturated heterocycles. The SMILES string of the molecule is CC(=O)Nc1ccc(S(=O)(=O)CCC(=O)Nc2ccc(C)c(Cl)c2)cc1. The molecule has 2 N–H and O–H groups in total. The van der Waals surface area contributed by atoms with Gasteiger partial charge in [-0.15, -0.1) is 0 Å². The van der Waals surface area contributed by atoms with Crippen molar-refractivity contribution in [3.05, 3.63) is 53.1 Å². The summed E-state index contributed by atoms with van der Waals surface area (Å²) in [5.74, 6) is -0.977. The van der Waals surface area contributed by atoms with Gasteiger partial charge in [-0.3, -0.25) is 9.59 Å². The summed E-state index contributed by atoms with van der Waals surface area (Å²) in [7, 11) is -3.61. The highest BCUT2D eigenvalue weighted by Crippen LogP contribution is 2.20. The van der Waals surface area contributed by atoms with E-state index < -0.39 is 15.7 Å². The fourth-order valence-electron chi connectivity index (χ4n) is 2.19. The normalized spacial score (nSPS) is 11.0. The van der Waals surface area contributed by atoms with Gasteiger partial charge in [0.2, 0.25) is 11.8 Å². The van der Waals surface area contributed by atoms with Crippen LogP contribution in [0.1, 0.15) is 18.9 Å². The lowest BCUT2D eigenvalue weighted by atomic mass is 10.2. The Bertz CT molecular complexity index is 925. The van der Waals surface area contributed by atoms with Gasteiger partial charge in [0.05, 0.1) is 10.6 Å². The van der Waals surface area contributed by atoms with Crippen molar-refractivity contribution in [3.63, 3.8) is 0 Å². The molecular weight excluding hydrogens is 376 g/mol. The molecule has 0 fully saturated rings. The van der Waals surface area contributed by atoms with Crippen LogP contribution in [-0.2, 0) is 19.4 Å². The second-order valence-corrected chi connectivity index (χ2v) is 8.30. The second kappa shape index (κ2) is 8.33. The van der Waals surface area contributed by atoms with Gasteiger partial charge in [-0.05, 0) is 48.9 Å². The lowest BCUT2D eigenvalue weighted by Gasteiger charge is -2.08. The summed E-state index contributed by atoms with van der Waals surface area (Å²) in [4.78, 5) is 23.1. The van der Waals surface area contributed by atoms with Crippen LogP contribution in [0, 0.1) is 6.92 Å². The summed E-state index contributed by atoms with van der Waals surface area (Å²) < 4.78 is 24.7. The fourth-order valence-corrected chi connectivity index (χ4v) is 3.61. The highest BCUT2D eigenvalue weighted by atomic mass is 35.5. The number of sulfone groups is 1. The Morgan fingerprint density at radius 2 is 1.62 bits per heavy atom. The quantitative estimate of drug-likeness (QED) is 0.785. The molecule has 6 nitrogen and oxygen atoms in total. The van der Waals surface area contributed by atoms with Crippen molar-refractivity contribution in [2.45, 2.75) is 25.2 Å². The average Bonchev–Trinajstić information content (AvgIpc) is 2.56. The zero-order valence-corrected chi connectivity index (χ0v) is 15.9. The van der Waals surface area contributed by atoms with Crippen LogP contribution in [0.4, 0.5) is 11.4 Å². The molecule has 2 aromatic carbocycles. The zero-order valence-electron chi connectivity index (χ0n) is 14.4. The molecule has 0 aliphatic carbocycles. The van der Waals surface area contributed by atoms with Crippen LogP contribution < -0.4 is 10.6 Å². The molecule has 0 aliphatic rings. The van der Waals surface area contributed by atoms with Gasteiger partial charge in [-0.1, -0.05) is 17.7 Å². The largest absolute Gasteiger partial charge is 0.326 e. The summed E-state index contributed by atoms with van der Waals surface area (Å²) in [5, 5.41) is 5.71. The summed E-state index contributed by atoms with van der Waals surface area (Å²) in [6.45, 7) is 3.21. The Balaban J connectivity index is 1.97. The third-order valence-corrected chi connectivity index (χ3v) is 5.73. The van der Waals surface area contributed by atoms with Crippen LogP contribution >= 0.6 is 11.6 Å². The molecule has 0 radical (unpaired) electrons. The van der Waals surface area contributed by atoms with E-state index in [1.807, 2.05) is 6.92 Å². The molecule has 0 aliphatic heterocycles. The van der Waals surface area contributed by atoms with Crippen LogP contribution in [-0.4, -0.2) is 26.0 Å². The minimum Gasteiger partial charge on any atom is -0.326 e. The molecule has 26 heavy (non-hydrogen) atoms. The molecule has 0 spiro atoms. The maximum absolute atomic E-state index is 12.3. The topological polar surface area (TPSA) is 92.3 Å². The molecule has 0 heterocycles. The van der Waals surface area contributed by atoms with Crippen LogP contribution in [0.15, 0.2) is 47.4 Å². The minimum atomic E-state index is -3.61.